The van der Waals surface area contributed by atoms with Gasteiger partial charge in [-0.3, -0.25) is 9.78 Å². The van der Waals surface area contributed by atoms with E-state index in [0.717, 1.165) is 27.6 Å². The van der Waals surface area contributed by atoms with Gasteiger partial charge in [-0.15, -0.1) is 11.3 Å². The fourth-order valence-electron chi connectivity index (χ4n) is 2.94. The number of hydrogen-bond donors (Lipinski definition) is 0. The minimum atomic E-state index is 0.0212. The number of carbonyl (C=O) groups is 1. The molecule has 0 saturated heterocycles. The number of benzene rings is 2. The van der Waals surface area contributed by atoms with Crippen molar-refractivity contribution in [2.24, 2.45) is 0 Å². The lowest BCUT2D eigenvalue weighted by Crippen LogP contribution is -2.31. The Morgan fingerprint density at radius 1 is 0.893 bits per heavy atom. The minimum Gasteiger partial charge on any atom is -0.308 e. The second-order valence-corrected chi connectivity index (χ2v) is 7.19. The molecular weight excluding hydrogens is 366 g/mol. The van der Waals surface area contributed by atoms with Crippen LogP contribution in [-0.2, 0) is 17.8 Å². The smallest absolute Gasteiger partial charge is 0.233 e. The van der Waals surface area contributed by atoms with E-state index in [4.69, 9.17) is 0 Å². The van der Waals surface area contributed by atoms with E-state index in [0.29, 0.717) is 6.54 Å². The zero-order chi connectivity index (χ0) is 19.2. The average molecular weight is 385 g/mol. The van der Waals surface area contributed by atoms with Crippen LogP contribution in [0.15, 0.2) is 90.4 Å². The van der Waals surface area contributed by atoms with Crippen molar-refractivity contribution in [3.63, 3.8) is 0 Å². The molecule has 0 N–H and O–H groups in total. The van der Waals surface area contributed by atoms with Crippen molar-refractivity contribution in [3.05, 3.63) is 102 Å². The molecule has 4 aromatic rings. The summed E-state index contributed by atoms with van der Waals surface area (Å²) >= 11 is 1.51. The highest BCUT2D eigenvalue weighted by atomic mass is 32.1. The highest BCUT2D eigenvalue weighted by molar-refractivity contribution is 7.13. The number of hydrogen-bond acceptors (Lipinski definition) is 4. The van der Waals surface area contributed by atoms with Crippen molar-refractivity contribution in [2.45, 2.75) is 13.0 Å². The molecule has 28 heavy (non-hydrogen) atoms. The van der Waals surface area contributed by atoms with Crippen LogP contribution >= 0.6 is 11.3 Å². The number of thiazole rings is 1. The second kappa shape index (κ2) is 8.59. The third kappa shape index (κ3) is 4.32. The van der Waals surface area contributed by atoms with Crippen LogP contribution in [0.3, 0.4) is 0 Å². The Morgan fingerprint density at radius 3 is 2.32 bits per heavy atom. The maximum absolute atomic E-state index is 13.1. The first-order valence-corrected chi connectivity index (χ1v) is 9.93. The summed E-state index contributed by atoms with van der Waals surface area (Å²) in [5.74, 6) is 0.0212. The summed E-state index contributed by atoms with van der Waals surface area (Å²) in [4.78, 5) is 23.9. The molecule has 0 spiro atoms. The van der Waals surface area contributed by atoms with Gasteiger partial charge in [0.2, 0.25) is 5.91 Å². The van der Waals surface area contributed by atoms with Crippen LogP contribution in [0, 0.1) is 0 Å². The van der Waals surface area contributed by atoms with E-state index in [1.807, 2.05) is 89.1 Å². The molecular formula is C23H19N3OS. The molecule has 0 aliphatic carbocycles. The van der Waals surface area contributed by atoms with Crippen molar-refractivity contribution in [2.75, 3.05) is 4.90 Å². The molecule has 4 rings (SSSR count). The fraction of sp³-hybridized carbons (Fsp3) is 0.0870. The number of anilines is 1. The number of aromatic nitrogens is 2. The van der Waals surface area contributed by atoms with Gasteiger partial charge in [-0.25, -0.2) is 4.98 Å². The first-order valence-electron chi connectivity index (χ1n) is 9.05. The Morgan fingerprint density at radius 2 is 1.61 bits per heavy atom. The monoisotopic (exact) mass is 385 g/mol. The number of rotatable bonds is 6. The molecule has 1 amide bonds. The molecule has 2 aromatic carbocycles. The first-order chi connectivity index (χ1) is 13.8. The third-order valence-electron chi connectivity index (χ3n) is 4.32. The second-order valence-electron chi connectivity index (χ2n) is 6.34. The molecule has 0 aliphatic rings. The van der Waals surface area contributed by atoms with E-state index in [1.54, 1.807) is 6.20 Å². The van der Waals surface area contributed by atoms with Gasteiger partial charge in [0.25, 0.3) is 0 Å². The van der Waals surface area contributed by atoms with Crippen molar-refractivity contribution < 1.29 is 4.79 Å². The lowest BCUT2D eigenvalue weighted by molar-refractivity contribution is -0.118. The number of pyridine rings is 1. The fourth-order valence-corrected chi connectivity index (χ4v) is 3.74. The van der Waals surface area contributed by atoms with Crippen LogP contribution in [0.2, 0.25) is 0 Å². The van der Waals surface area contributed by atoms with E-state index in [-0.39, 0.29) is 12.3 Å². The van der Waals surface area contributed by atoms with Gasteiger partial charge in [-0.2, -0.15) is 0 Å². The summed E-state index contributed by atoms with van der Waals surface area (Å²) < 4.78 is 0. The summed E-state index contributed by atoms with van der Waals surface area (Å²) in [6, 6.07) is 25.5. The van der Waals surface area contributed by atoms with Crippen molar-refractivity contribution in [3.8, 4) is 10.7 Å². The van der Waals surface area contributed by atoms with Crippen molar-refractivity contribution in [1.29, 1.82) is 0 Å². The number of amides is 1. The normalized spacial score (nSPS) is 10.6. The summed E-state index contributed by atoms with van der Waals surface area (Å²) in [6.45, 7) is 0.529. The molecule has 0 radical (unpaired) electrons. The van der Waals surface area contributed by atoms with Gasteiger partial charge in [-0.05, 0) is 29.8 Å². The molecule has 0 unspecified atom stereocenters. The average Bonchev–Trinajstić information content (AvgIpc) is 3.22. The molecule has 138 valence electrons. The lowest BCUT2D eigenvalue weighted by Gasteiger charge is -2.23. The van der Waals surface area contributed by atoms with E-state index >= 15 is 0 Å². The van der Waals surface area contributed by atoms with Crippen LogP contribution in [0.5, 0.6) is 0 Å². The van der Waals surface area contributed by atoms with E-state index in [9.17, 15) is 4.79 Å². The van der Waals surface area contributed by atoms with Crippen molar-refractivity contribution >= 4 is 22.9 Å². The van der Waals surface area contributed by atoms with Gasteiger partial charge in [0, 0.05) is 17.3 Å². The van der Waals surface area contributed by atoms with Crippen LogP contribution in [0.1, 0.15) is 11.3 Å². The van der Waals surface area contributed by atoms with E-state index < -0.39 is 0 Å². The molecule has 0 atom stereocenters. The van der Waals surface area contributed by atoms with E-state index in [2.05, 4.69) is 9.97 Å². The maximum atomic E-state index is 13.1. The van der Waals surface area contributed by atoms with Crippen molar-refractivity contribution in [1.82, 2.24) is 9.97 Å². The molecule has 4 nitrogen and oxygen atoms in total. The number of carbonyl (C=O) groups excluding carboxylic acids is 1. The summed E-state index contributed by atoms with van der Waals surface area (Å²) in [5.41, 5.74) is 3.57. The highest BCUT2D eigenvalue weighted by Gasteiger charge is 2.18. The standard InChI is InChI=1S/C23H19N3OS/c27-22(15-19-17-28-23(25-19)21-13-7-8-14-24-21)26(20-11-5-2-6-12-20)16-18-9-3-1-4-10-18/h1-14,17H,15-16H2. The van der Waals surface area contributed by atoms with Crippen LogP contribution in [0.4, 0.5) is 5.69 Å². The number of nitrogens with zero attached hydrogens (tertiary/aromatic N) is 3. The molecule has 5 heteroatoms. The molecule has 2 heterocycles. The van der Waals surface area contributed by atoms with Gasteiger partial charge in [-0.1, -0.05) is 54.6 Å². The number of para-hydroxylation sites is 1. The minimum absolute atomic E-state index is 0.0212. The van der Waals surface area contributed by atoms with Gasteiger partial charge >= 0.3 is 0 Å². The zero-order valence-corrected chi connectivity index (χ0v) is 16.0. The summed E-state index contributed by atoms with van der Waals surface area (Å²) in [6.07, 6.45) is 2.00. The Hall–Kier alpha value is -3.31. The van der Waals surface area contributed by atoms with Gasteiger partial charge < -0.3 is 4.90 Å². The zero-order valence-electron chi connectivity index (χ0n) is 15.2. The van der Waals surface area contributed by atoms with Gasteiger partial charge in [0.05, 0.1) is 24.4 Å². The summed E-state index contributed by atoms with van der Waals surface area (Å²) in [5, 5.41) is 2.77. The highest BCUT2D eigenvalue weighted by Crippen LogP contribution is 2.23. The van der Waals surface area contributed by atoms with E-state index in [1.165, 1.54) is 11.3 Å². The Kier molecular flexibility index (Phi) is 5.54. The molecule has 0 fully saturated rings. The van der Waals surface area contributed by atoms with Gasteiger partial charge in [0.15, 0.2) is 0 Å². The van der Waals surface area contributed by atoms with Crippen LogP contribution in [-0.4, -0.2) is 15.9 Å². The lowest BCUT2D eigenvalue weighted by atomic mass is 10.1. The predicted molar refractivity (Wildman–Crippen MR) is 113 cm³/mol. The third-order valence-corrected chi connectivity index (χ3v) is 5.23. The molecule has 0 aliphatic heterocycles. The molecule has 0 bridgehead atoms. The predicted octanol–water partition coefficient (Wildman–Crippen LogP) is 4.98. The Labute approximate surface area is 168 Å². The Bertz CT molecular complexity index is 1030. The molecule has 2 aromatic heterocycles. The topological polar surface area (TPSA) is 46.1 Å². The summed E-state index contributed by atoms with van der Waals surface area (Å²) in [7, 11) is 0. The first kappa shape index (κ1) is 18.1. The quantitative estimate of drug-likeness (QED) is 0.470. The van der Waals surface area contributed by atoms with Crippen LogP contribution in [0.25, 0.3) is 10.7 Å². The largest absolute Gasteiger partial charge is 0.308 e. The molecule has 0 saturated carbocycles. The Balaban J connectivity index is 1.55. The van der Waals surface area contributed by atoms with Crippen LogP contribution < -0.4 is 4.90 Å². The maximum Gasteiger partial charge on any atom is 0.233 e. The SMILES string of the molecule is O=C(Cc1csc(-c2ccccn2)n1)N(Cc1ccccc1)c1ccccc1. The van der Waals surface area contributed by atoms with Gasteiger partial charge in [0.1, 0.15) is 5.01 Å².